The zero-order valence-electron chi connectivity index (χ0n) is 19.1. The molecule has 1 spiro atoms. The summed E-state index contributed by atoms with van der Waals surface area (Å²) < 4.78 is 49.8. The Balaban J connectivity index is 1.06. The number of amides is 4. The highest BCUT2D eigenvalue weighted by Crippen LogP contribution is 2.56. The third-order valence-electron chi connectivity index (χ3n) is 7.48. The van der Waals surface area contributed by atoms with Crippen molar-refractivity contribution >= 4 is 29.2 Å². The monoisotopic (exact) mass is 500 g/mol. The van der Waals surface area contributed by atoms with E-state index in [1.807, 2.05) is 0 Å². The summed E-state index contributed by atoms with van der Waals surface area (Å²) in [6.45, 7) is 1.12. The Hall–Kier alpha value is -3.76. The van der Waals surface area contributed by atoms with E-state index in [-0.39, 0.29) is 41.2 Å². The number of halogens is 3. The SMILES string of the molecule is O=C1CCC(c2c(F)cc(N3CC(NC(=O)Nc4cc5c(cc4F)C4(CC4)CO5)C3)cc2F)C(=O)N1. The van der Waals surface area contributed by atoms with Gasteiger partial charge in [-0.15, -0.1) is 0 Å². The Morgan fingerprint density at radius 1 is 1.06 bits per heavy atom. The highest BCUT2D eigenvalue weighted by Gasteiger charge is 2.51. The smallest absolute Gasteiger partial charge is 0.319 e. The van der Waals surface area contributed by atoms with E-state index in [2.05, 4.69) is 16.0 Å². The third kappa shape index (κ3) is 3.82. The number of fused-ring (bicyclic) bond motifs is 2. The van der Waals surface area contributed by atoms with E-state index in [1.165, 1.54) is 12.1 Å². The molecule has 2 saturated heterocycles. The van der Waals surface area contributed by atoms with Gasteiger partial charge < -0.3 is 20.3 Å². The molecule has 0 radical (unpaired) electrons. The minimum atomic E-state index is -1.06. The number of carbonyl (C=O) groups is 3. The van der Waals surface area contributed by atoms with Gasteiger partial charge in [-0.25, -0.2) is 18.0 Å². The van der Waals surface area contributed by atoms with E-state index in [9.17, 15) is 27.6 Å². The van der Waals surface area contributed by atoms with Crippen molar-refractivity contribution in [3.63, 3.8) is 0 Å². The van der Waals surface area contributed by atoms with Gasteiger partial charge in [0, 0.05) is 47.8 Å². The molecule has 0 bridgehead atoms. The number of ether oxygens (including phenoxy) is 1. The van der Waals surface area contributed by atoms with E-state index in [4.69, 9.17) is 4.74 Å². The van der Waals surface area contributed by atoms with Crippen LogP contribution < -0.4 is 25.6 Å². The van der Waals surface area contributed by atoms with Crippen LogP contribution in [0.3, 0.4) is 0 Å². The highest BCUT2D eigenvalue weighted by atomic mass is 19.1. The lowest BCUT2D eigenvalue weighted by molar-refractivity contribution is -0.134. The first-order chi connectivity index (χ1) is 17.2. The summed E-state index contributed by atoms with van der Waals surface area (Å²) in [5.41, 5.74) is 0.726. The van der Waals surface area contributed by atoms with E-state index in [0.717, 1.165) is 30.5 Å². The molecule has 0 aromatic heterocycles. The largest absolute Gasteiger partial charge is 0.492 e. The van der Waals surface area contributed by atoms with Crippen LogP contribution in [0.15, 0.2) is 24.3 Å². The molecule has 4 amide bonds. The number of carbonyl (C=O) groups excluding carboxylic acids is 3. The summed E-state index contributed by atoms with van der Waals surface area (Å²) in [6, 6.07) is 4.31. The Bertz CT molecular complexity index is 1280. The molecular weight excluding hydrogens is 477 g/mol. The molecule has 1 unspecified atom stereocenters. The van der Waals surface area contributed by atoms with Crippen molar-refractivity contribution in [1.82, 2.24) is 10.6 Å². The molecule has 1 aliphatic carbocycles. The van der Waals surface area contributed by atoms with Crippen LogP contribution in [0.5, 0.6) is 5.75 Å². The van der Waals surface area contributed by atoms with Crippen LogP contribution in [-0.4, -0.2) is 43.6 Å². The van der Waals surface area contributed by atoms with Gasteiger partial charge in [-0.3, -0.25) is 14.9 Å². The molecule has 3 heterocycles. The molecule has 1 saturated carbocycles. The molecule has 188 valence electrons. The van der Waals surface area contributed by atoms with Gasteiger partial charge in [-0.05, 0) is 37.5 Å². The Kier molecular flexibility index (Phi) is 5.13. The van der Waals surface area contributed by atoms with E-state index in [1.54, 1.807) is 4.90 Å². The third-order valence-corrected chi connectivity index (χ3v) is 7.48. The minimum Gasteiger partial charge on any atom is -0.492 e. The molecule has 36 heavy (non-hydrogen) atoms. The van der Waals surface area contributed by atoms with Gasteiger partial charge in [0.25, 0.3) is 0 Å². The summed E-state index contributed by atoms with van der Waals surface area (Å²) in [6.07, 6.45) is 2.00. The predicted octanol–water partition coefficient (Wildman–Crippen LogP) is 3.06. The topological polar surface area (TPSA) is 99.8 Å². The first kappa shape index (κ1) is 22.7. The van der Waals surface area contributed by atoms with Crippen LogP contribution in [0.1, 0.15) is 42.7 Å². The number of nitrogens with zero attached hydrogens (tertiary/aromatic N) is 1. The number of urea groups is 1. The number of hydrogen-bond donors (Lipinski definition) is 3. The summed E-state index contributed by atoms with van der Waals surface area (Å²) in [5, 5.41) is 7.33. The first-order valence-electron chi connectivity index (χ1n) is 11.8. The van der Waals surface area contributed by atoms with Crippen molar-refractivity contribution in [3.05, 3.63) is 52.8 Å². The normalized spacial score (nSPS) is 22.0. The maximum absolute atomic E-state index is 14.8. The van der Waals surface area contributed by atoms with Crippen LogP contribution in [0.2, 0.25) is 0 Å². The standard InChI is InChI=1S/C25H23F3N4O4/c26-16-7-15-20(36-11-25(15)3-4-25)8-19(16)30-24(35)29-12-9-32(10-12)13-5-17(27)22(18(28)6-13)14-1-2-21(33)31-23(14)34/h5-8,12,14H,1-4,9-11H2,(H2,29,30,35)(H,31,33,34). The quantitative estimate of drug-likeness (QED) is 0.561. The average Bonchev–Trinajstić information content (AvgIpc) is 3.50. The van der Waals surface area contributed by atoms with Crippen LogP contribution in [-0.2, 0) is 15.0 Å². The van der Waals surface area contributed by atoms with E-state index < -0.39 is 41.2 Å². The summed E-state index contributed by atoms with van der Waals surface area (Å²) in [5.74, 6) is -3.91. The molecule has 3 N–H and O–H groups in total. The van der Waals surface area contributed by atoms with Gasteiger partial charge in [-0.1, -0.05) is 0 Å². The molecule has 4 aliphatic rings. The van der Waals surface area contributed by atoms with Crippen molar-refractivity contribution in [3.8, 4) is 5.75 Å². The van der Waals surface area contributed by atoms with Gasteiger partial charge in [0.05, 0.1) is 24.3 Å². The minimum absolute atomic E-state index is 0.0156. The summed E-state index contributed by atoms with van der Waals surface area (Å²) >= 11 is 0. The first-order valence-corrected chi connectivity index (χ1v) is 11.8. The lowest BCUT2D eigenvalue weighted by atomic mass is 9.89. The van der Waals surface area contributed by atoms with Crippen molar-refractivity contribution in [2.45, 2.75) is 43.1 Å². The second-order valence-electron chi connectivity index (χ2n) is 9.92. The fraction of sp³-hybridized carbons (Fsp3) is 0.400. The van der Waals surface area contributed by atoms with Crippen molar-refractivity contribution in [2.75, 3.05) is 29.9 Å². The second-order valence-corrected chi connectivity index (χ2v) is 9.92. The molecule has 3 fully saturated rings. The maximum atomic E-state index is 14.8. The Labute approximate surface area is 204 Å². The van der Waals surface area contributed by atoms with Gasteiger partial charge in [0.15, 0.2) is 0 Å². The Morgan fingerprint density at radius 2 is 1.78 bits per heavy atom. The predicted molar refractivity (Wildman–Crippen MR) is 122 cm³/mol. The van der Waals surface area contributed by atoms with Gasteiger partial charge in [0.2, 0.25) is 11.8 Å². The van der Waals surface area contributed by atoms with Gasteiger partial charge >= 0.3 is 6.03 Å². The van der Waals surface area contributed by atoms with E-state index in [0.29, 0.717) is 25.4 Å². The number of benzene rings is 2. The van der Waals surface area contributed by atoms with Crippen molar-refractivity contribution in [1.29, 1.82) is 0 Å². The molecule has 2 aromatic rings. The summed E-state index contributed by atoms with van der Waals surface area (Å²) in [7, 11) is 0. The average molecular weight is 500 g/mol. The summed E-state index contributed by atoms with van der Waals surface area (Å²) in [4.78, 5) is 37.4. The van der Waals surface area contributed by atoms with Crippen LogP contribution >= 0.6 is 0 Å². The van der Waals surface area contributed by atoms with E-state index >= 15 is 0 Å². The number of piperidine rings is 1. The zero-order valence-corrected chi connectivity index (χ0v) is 19.1. The number of hydrogen-bond acceptors (Lipinski definition) is 5. The van der Waals surface area contributed by atoms with Gasteiger partial charge in [0.1, 0.15) is 23.2 Å². The molecular formula is C25H23F3N4O4. The lowest BCUT2D eigenvalue weighted by Crippen LogP contribution is -2.60. The maximum Gasteiger partial charge on any atom is 0.319 e. The van der Waals surface area contributed by atoms with Gasteiger partial charge in [-0.2, -0.15) is 0 Å². The van der Waals surface area contributed by atoms with Crippen molar-refractivity contribution in [2.24, 2.45) is 0 Å². The van der Waals surface area contributed by atoms with Crippen molar-refractivity contribution < 1.29 is 32.3 Å². The molecule has 6 rings (SSSR count). The molecule has 11 heteroatoms. The van der Waals surface area contributed by atoms with Crippen LogP contribution in [0.4, 0.5) is 29.3 Å². The molecule has 3 aliphatic heterocycles. The second kappa shape index (κ2) is 8.14. The number of rotatable bonds is 4. The fourth-order valence-corrected chi connectivity index (χ4v) is 5.22. The fourth-order valence-electron chi connectivity index (χ4n) is 5.22. The number of nitrogens with one attached hydrogen (secondary N) is 3. The highest BCUT2D eigenvalue weighted by molar-refractivity contribution is 6.01. The Morgan fingerprint density at radius 3 is 2.44 bits per heavy atom. The molecule has 8 nitrogen and oxygen atoms in total. The number of anilines is 2. The molecule has 1 atom stereocenters. The lowest BCUT2D eigenvalue weighted by Gasteiger charge is -2.41. The molecule has 2 aromatic carbocycles. The number of imide groups is 1. The van der Waals surface area contributed by atoms with Crippen LogP contribution in [0.25, 0.3) is 0 Å². The zero-order chi connectivity index (χ0) is 25.2. The van der Waals surface area contributed by atoms with Crippen LogP contribution in [0, 0.1) is 17.5 Å².